The number of fused-ring (bicyclic) bond motifs is 2. The molecule has 0 radical (unpaired) electrons. The average molecular weight is 153 g/mol. The van der Waals surface area contributed by atoms with Crippen LogP contribution in [0.25, 0.3) is 0 Å². The van der Waals surface area contributed by atoms with Crippen molar-refractivity contribution in [3.05, 3.63) is 0 Å². The molecule has 2 aliphatic rings. The molecule has 4 atom stereocenters. The highest BCUT2D eigenvalue weighted by Crippen LogP contribution is 2.42. The van der Waals surface area contributed by atoms with Gasteiger partial charge in [0.1, 0.15) is 0 Å². The molecule has 0 amide bonds. The molecule has 2 saturated carbocycles. The summed E-state index contributed by atoms with van der Waals surface area (Å²) in [4.78, 5) is 0. The zero-order valence-corrected chi connectivity index (χ0v) is 7.42. The first-order valence-electron chi connectivity index (χ1n) is 5.03. The van der Waals surface area contributed by atoms with Gasteiger partial charge in [-0.2, -0.15) is 0 Å². The molecule has 0 heterocycles. The van der Waals surface area contributed by atoms with Crippen LogP contribution in [0.4, 0.5) is 0 Å². The zero-order valence-electron chi connectivity index (χ0n) is 7.42. The van der Waals surface area contributed by atoms with Gasteiger partial charge in [-0.3, -0.25) is 0 Å². The van der Waals surface area contributed by atoms with E-state index in [1.54, 1.807) is 0 Å². The molecule has 2 bridgehead atoms. The highest BCUT2D eigenvalue weighted by molar-refractivity contribution is 4.88. The molecule has 1 nitrogen and oxygen atoms in total. The molecule has 0 aromatic rings. The first-order valence-corrected chi connectivity index (χ1v) is 5.03. The van der Waals surface area contributed by atoms with Crippen molar-refractivity contribution in [1.29, 1.82) is 0 Å². The predicted octanol–water partition coefficient (Wildman–Crippen LogP) is 2.16. The van der Waals surface area contributed by atoms with E-state index in [-0.39, 0.29) is 0 Å². The van der Waals surface area contributed by atoms with Gasteiger partial charge in [0.05, 0.1) is 0 Å². The predicted molar refractivity (Wildman–Crippen MR) is 47.2 cm³/mol. The van der Waals surface area contributed by atoms with Crippen LogP contribution >= 0.6 is 0 Å². The van der Waals surface area contributed by atoms with Gasteiger partial charge in [0.15, 0.2) is 0 Å². The average Bonchev–Trinajstić information content (AvgIpc) is 2.02. The smallest absolute Gasteiger partial charge is 0.00673 e. The van der Waals surface area contributed by atoms with Crippen LogP contribution in [0.15, 0.2) is 0 Å². The Balaban J connectivity index is 2.02. The van der Waals surface area contributed by atoms with Gasteiger partial charge in [-0.25, -0.2) is 0 Å². The summed E-state index contributed by atoms with van der Waals surface area (Å²) in [5, 5.41) is 0. The van der Waals surface area contributed by atoms with Gasteiger partial charge in [-0.15, -0.1) is 0 Å². The number of nitrogens with two attached hydrogens (primary N) is 1. The maximum absolute atomic E-state index is 6.03. The molecule has 2 aliphatic carbocycles. The molecule has 0 aromatic carbocycles. The molecule has 4 unspecified atom stereocenters. The van der Waals surface area contributed by atoms with E-state index in [1.165, 1.54) is 32.1 Å². The molecular formula is C10H19N. The fraction of sp³-hybridized carbons (Fsp3) is 1.00. The summed E-state index contributed by atoms with van der Waals surface area (Å²) < 4.78 is 0. The lowest BCUT2D eigenvalue weighted by Gasteiger charge is -2.42. The maximum Gasteiger partial charge on any atom is 0.00673 e. The van der Waals surface area contributed by atoms with Crippen molar-refractivity contribution >= 4 is 0 Å². The van der Waals surface area contributed by atoms with E-state index in [4.69, 9.17) is 5.73 Å². The van der Waals surface area contributed by atoms with Gasteiger partial charge in [0.2, 0.25) is 0 Å². The van der Waals surface area contributed by atoms with Gasteiger partial charge < -0.3 is 5.73 Å². The minimum atomic E-state index is 0.541. The number of hydrogen-bond donors (Lipinski definition) is 1. The summed E-state index contributed by atoms with van der Waals surface area (Å²) in [6, 6.07) is 0.541. The van der Waals surface area contributed by atoms with Crippen LogP contribution in [0.5, 0.6) is 0 Å². The molecule has 2 N–H and O–H groups in total. The van der Waals surface area contributed by atoms with Crippen molar-refractivity contribution in [2.45, 2.75) is 45.1 Å². The molecular weight excluding hydrogens is 134 g/mol. The van der Waals surface area contributed by atoms with Crippen LogP contribution in [-0.4, -0.2) is 6.04 Å². The van der Waals surface area contributed by atoms with Crippen molar-refractivity contribution in [3.8, 4) is 0 Å². The lowest BCUT2D eigenvalue weighted by Crippen LogP contribution is -2.40. The van der Waals surface area contributed by atoms with Crippen molar-refractivity contribution in [3.63, 3.8) is 0 Å². The monoisotopic (exact) mass is 153 g/mol. The minimum absolute atomic E-state index is 0.541. The van der Waals surface area contributed by atoms with Crippen LogP contribution in [0.1, 0.15) is 39.0 Å². The third-order valence-electron chi connectivity index (χ3n) is 3.88. The highest BCUT2D eigenvalue weighted by atomic mass is 14.7. The number of hydrogen-bond acceptors (Lipinski definition) is 1. The van der Waals surface area contributed by atoms with Gasteiger partial charge in [-0.1, -0.05) is 13.3 Å². The third-order valence-corrected chi connectivity index (χ3v) is 3.88. The Morgan fingerprint density at radius 2 is 1.73 bits per heavy atom. The van der Waals surface area contributed by atoms with Crippen LogP contribution in [0.3, 0.4) is 0 Å². The Morgan fingerprint density at radius 1 is 1.00 bits per heavy atom. The van der Waals surface area contributed by atoms with Gasteiger partial charge in [0.25, 0.3) is 0 Å². The van der Waals surface area contributed by atoms with E-state index in [0.717, 1.165) is 17.8 Å². The molecule has 0 saturated heterocycles. The first kappa shape index (κ1) is 7.60. The standard InChI is InChI=1S/C10H19N/c1-7-2-3-9-6-8(7)4-5-10(9)11/h7-10H,2-6,11H2,1H3. The Bertz CT molecular complexity index is 128. The summed E-state index contributed by atoms with van der Waals surface area (Å²) in [5.74, 6) is 2.89. The van der Waals surface area contributed by atoms with Crippen LogP contribution in [0, 0.1) is 17.8 Å². The van der Waals surface area contributed by atoms with Crippen LogP contribution < -0.4 is 5.73 Å². The lowest BCUT2D eigenvalue weighted by atomic mass is 9.66. The largest absolute Gasteiger partial charge is 0.327 e. The summed E-state index contributed by atoms with van der Waals surface area (Å²) >= 11 is 0. The molecule has 0 aromatic heterocycles. The van der Waals surface area contributed by atoms with Crippen LogP contribution in [0.2, 0.25) is 0 Å². The number of rotatable bonds is 0. The minimum Gasteiger partial charge on any atom is -0.327 e. The Kier molecular flexibility index (Phi) is 1.92. The van der Waals surface area contributed by atoms with Crippen molar-refractivity contribution in [2.24, 2.45) is 23.5 Å². The maximum atomic E-state index is 6.03. The van der Waals surface area contributed by atoms with E-state index in [1.807, 2.05) is 0 Å². The van der Waals surface area contributed by atoms with E-state index >= 15 is 0 Å². The Morgan fingerprint density at radius 3 is 2.55 bits per heavy atom. The van der Waals surface area contributed by atoms with Crippen molar-refractivity contribution in [2.75, 3.05) is 0 Å². The highest BCUT2D eigenvalue weighted by Gasteiger charge is 2.34. The second kappa shape index (κ2) is 2.78. The van der Waals surface area contributed by atoms with E-state index in [2.05, 4.69) is 6.92 Å². The van der Waals surface area contributed by atoms with Gasteiger partial charge in [0, 0.05) is 6.04 Å². The Labute approximate surface area is 69.4 Å². The van der Waals surface area contributed by atoms with Gasteiger partial charge >= 0.3 is 0 Å². The fourth-order valence-corrected chi connectivity index (χ4v) is 2.89. The van der Waals surface area contributed by atoms with E-state index in [9.17, 15) is 0 Å². The summed E-state index contributed by atoms with van der Waals surface area (Å²) in [6.45, 7) is 2.41. The zero-order chi connectivity index (χ0) is 7.84. The molecule has 2 rings (SSSR count). The van der Waals surface area contributed by atoms with E-state index < -0.39 is 0 Å². The molecule has 64 valence electrons. The summed E-state index contributed by atoms with van der Waals surface area (Å²) in [7, 11) is 0. The normalized spacial score (nSPS) is 50.7. The summed E-state index contributed by atoms with van der Waals surface area (Å²) in [5.41, 5.74) is 6.03. The molecule has 1 heteroatoms. The molecule has 11 heavy (non-hydrogen) atoms. The third kappa shape index (κ3) is 1.31. The molecule has 2 fully saturated rings. The first-order chi connectivity index (χ1) is 5.27. The second-order valence-corrected chi connectivity index (χ2v) is 4.55. The lowest BCUT2D eigenvalue weighted by molar-refractivity contribution is 0.115. The molecule has 0 spiro atoms. The quantitative estimate of drug-likeness (QED) is 0.567. The Hall–Kier alpha value is -0.0400. The fourth-order valence-electron chi connectivity index (χ4n) is 2.89. The molecule has 0 aliphatic heterocycles. The topological polar surface area (TPSA) is 26.0 Å². The second-order valence-electron chi connectivity index (χ2n) is 4.55. The van der Waals surface area contributed by atoms with E-state index in [0.29, 0.717) is 6.04 Å². The van der Waals surface area contributed by atoms with Crippen molar-refractivity contribution in [1.82, 2.24) is 0 Å². The van der Waals surface area contributed by atoms with Crippen molar-refractivity contribution < 1.29 is 0 Å². The SMILES string of the molecule is CC1CCC2CC1CCC2N. The summed E-state index contributed by atoms with van der Waals surface area (Å²) in [6.07, 6.45) is 6.96. The van der Waals surface area contributed by atoms with Gasteiger partial charge in [-0.05, 0) is 43.4 Å². The van der Waals surface area contributed by atoms with Crippen LogP contribution in [-0.2, 0) is 0 Å².